The number of nitrogens with one attached hydrogen (secondary N) is 1. The Morgan fingerprint density at radius 1 is 1.19 bits per heavy atom. The highest BCUT2D eigenvalue weighted by Gasteiger charge is 2.46. The summed E-state index contributed by atoms with van der Waals surface area (Å²) in [6.45, 7) is 4.10. The molecule has 250 valence electrons. The van der Waals surface area contributed by atoms with Gasteiger partial charge in [-0.1, -0.05) is 19.3 Å². The Bertz CT molecular complexity index is 1760. The van der Waals surface area contributed by atoms with Gasteiger partial charge in [0.25, 0.3) is 5.91 Å². The van der Waals surface area contributed by atoms with Crippen molar-refractivity contribution >= 4 is 32.7 Å². The van der Waals surface area contributed by atoms with E-state index in [0.29, 0.717) is 38.0 Å². The molecular formula is C35H45FN8O2S. The average Bonchev–Trinajstić information content (AvgIpc) is 3.69. The van der Waals surface area contributed by atoms with Gasteiger partial charge in [-0.15, -0.1) is 0 Å². The highest BCUT2D eigenvalue weighted by molar-refractivity contribution is 8.32. The van der Waals surface area contributed by atoms with E-state index >= 15 is 4.39 Å². The Hall–Kier alpha value is -3.95. The van der Waals surface area contributed by atoms with Crippen molar-refractivity contribution in [3.63, 3.8) is 0 Å². The van der Waals surface area contributed by atoms with Crippen molar-refractivity contribution in [1.82, 2.24) is 29.6 Å². The number of carbonyl (C=O) groups is 1. The van der Waals surface area contributed by atoms with Crippen LogP contribution >= 0.6 is 10.0 Å². The number of benzene rings is 1. The first-order chi connectivity index (χ1) is 22.6. The van der Waals surface area contributed by atoms with Gasteiger partial charge in [-0.2, -0.15) is 10.4 Å². The van der Waals surface area contributed by atoms with Gasteiger partial charge in [0.05, 0.1) is 36.6 Å². The highest BCUT2D eigenvalue weighted by Crippen LogP contribution is 2.38. The summed E-state index contributed by atoms with van der Waals surface area (Å²) in [6, 6.07) is 9.09. The number of ether oxygens (including phenoxy) is 1. The van der Waals surface area contributed by atoms with Gasteiger partial charge in [-0.25, -0.2) is 24.4 Å². The van der Waals surface area contributed by atoms with Gasteiger partial charge in [0.1, 0.15) is 30.1 Å². The predicted molar refractivity (Wildman–Crippen MR) is 185 cm³/mol. The molecule has 1 aliphatic heterocycles. The molecular weight excluding hydrogens is 616 g/mol. The number of fused-ring (bicyclic) bond motifs is 1. The van der Waals surface area contributed by atoms with Crippen molar-refractivity contribution in [2.45, 2.75) is 63.8 Å². The van der Waals surface area contributed by atoms with Gasteiger partial charge in [-0.3, -0.25) is 9.48 Å². The number of rotatable bonds is 12. The standard InChI is InChI=1S/C35H45FN8O2S/c1-25(26-8-6-5-7-9-26)41-34(45)29-11-10-28(18-31(29)36)43-21-35(22-43,13-14-37)44-20-27(19-40-44)32-30-12-15-42(33(30)39-23-38-32)24-46-16-17-47(2,3)4/h10-12,15,18-20,23,25-26H,5-9,13,16-17,21-22,24H2,1-4H3,(H,41,45)/t25-/m0/s1. The fourth-order valence-electron chi connectivity index (χ4n) is 6.77. The molecule has 3 aromatic heterocycles. The number of amides is 1. The molecule has 0 radical (unpaired) electrons. The Morgan fingerprint density at radius 2 is 1.98 bits per heavy atom. The summed E-state index contributed by atoms with van der Waals surface area (Å²) in [7, 11) is -0.619. The van der Waals surface area contributed by atoms with Crippen molar-refractivity contribution < 1.29 is 13.9 Å². The second-order valence-corrected chi connectivity index (χ2v) is 18.6. The Balaban J connectivity index is 1.13. The summed E-state index contributed by atoms with van der Waals surface area (Å²) in [4.78, 5) is 24.0. The van der Waals surface area contributed by atoms with E-state index < -0.39 is 21.4 Å². The number of hydrogen-bond donors (Lipinski definition) is 1. The molecule has 2 aliphatic rings. The minimum atomic E-state index is -0.619. The molecule has 47 heavy (non-hydrogen) atoms. The molecule has 1 saturated heterocycles. The smallest absolute Gasteiger partial charge is 0.254 e. The lowest BCUT2D eigenvalue weighted by Crippen LogP contribution is -2.63. The number of anilines is 1. The summed E-state index contributed by atoms with van der Waals surface area (Å²) in [6.07, 6.45) is 20.1. The van der Waals surface area contributed by atoms with E-state index in [9.17, 15) is 10.1 Å². The molecule has 1 atom stereocenters. The van der Waals surface area contributed by atoms with E-state index in [2.05, 4.69) is 45.2 Å². The average molecular weight is 661 g/mol. The largest absolute Gasteiger partial charge is 0.366 e. The SMILES string of the molecule is C[C@H](NC(=O)c1ccc(N2CC(CC#N)(n3cc(-c4ncnc5c4ccn5COCCS(C)(C)C)cn3)C2)cc1F)C1CCCCC1. The molecule has 0 bridgehead atoms. The lowest BCUT2D eigenvalue weighted by Gasteiger charge is -2.50. The van der Waals surface area contributed by atoms with Crippen molar-refractivity contribution in [3.05, 3.63) is 60.6 Å². The van der Waals surface area contributed by atoms with Crippen molar-refractivity contribution in [1.29, 1.82) is 5.26 Å². The zero-order valence-corrected chi connectivity index (χ0v) is 28.6. The van der Waals surface area contributed by atoms with Crippen LogP contribution in [0.4, 0.5) is 10.1 Å². The van der Waals surface area contributed by atoms with E-state index in [-0.39, 0.29) is 23.9 Å². The first-order valence-corrected chi connectivity index (χ1v) is 19.4. The monoisotopic (exact) mass is 660 g/mol. The van der Waals surface area contributed by atoms with Crippen molar-refractivity contribution in [3.8, 4) is 17.3 Å². The predicted octanol–water partition coefficient (Wildman–Crippen LogP) is 5.93. The fraction of sp³-hybridized carbons (Fsp3) is 0.514. The maximum atomic E-state index is 15.3. The fourth-order valence-corrected chi connectivity index (χ4v) is 7.39. The lowest BCUT2D eigenvalue weighted by atomic mass is 9.84. The normalized spacial score (nSPS) is 17.7. The minimum Gasteiger partial charge on any atom is -0.366 e. The molecule has 4 aromatic rings. The van der Waals surface area contributed by atoms with Gasteiger partial charge in [0.15, 0.2) is 0 Å². The van der Waals surface area contributed by atoms with Gasteiger partial charge >= 0.3 is 0 Å². The molecule has 1 aromatic carbocycles. The minimum absolute atomic E-state index is 0.0133. The Kier molecular flexibility index (Phi) is 9.58. The molecule has 0 spiro atoms. The van der Waals surface area contributed by atoms with E-state index in [0.717, 1.165) is 40.9 Å². The number of carbonyl (C=O) groups excluding carboxylic acids is 1. The number of halogens is 1. The summed E-state index contributed by atoms with van der Waals surface area (Å²) in [5.41, 5.74) is 2.53. The molecule has 1 amide bonds. The molecule has 1 N–H and O–H groups in total. The molecule has 4 heterocycles. The third-order valence-corrected chi connectivity index (χ3v) is 11.0. The van der Waals surface area contributed by atoms with E-state index in [1.807, 2.05) is 39.5 Å². The summed E-state index contributed by atoms with van der Waals surface area (Å²) >= 11 is 0. The maximum absolute atomic E-state index is 15.3. The van der Waals surface area contributed by atoms with Crippen molar-refractivity contribution in [2.75, 3.05) is 49.1 Å². The van der Waals surface area contributed by atoms with E-state index in [1.165, 1.54) is 25.3 Å². The van der Waals surface area contributed by atoms with Crippen LogP contribution in [0.2, 0.25) is 0 Å². The number of hydrogen-bond acceptors (Lipinski definition) is 7. The second-order valence-electron chi connectivity index (χ2n) is 14.0. The Morgan fingerprint density at radius 3 is 2.70 bits per heavy atom. The quantitative estimate of drug-likeness (QED) is 0.188. The van der Waals surface area contributed by atoms with Crippen LogP contribution < -0.4 is 10.2 Å². The topological polar surface area (TPSA) is 114 Å². The van der Waals surface area contributed by atoms with Crippen LogP contribution in [-0.2, 0) is 17.0 Å². The molecule has 0 unspecified atom stereocenters. The molecule has 10 nitrogen and oxygen atoms in total. The van der Waals surface area contributed by atoms with Crippen LogP contribution in [0.25, 0.3) is 22.3 Å². The van der Waals surface area contributed by atoms with E-state index in [4.69, 9.17) is 4.74 Å². The number of aromatic nitrogens is 5. The first-order valence-electron chi connectivity index (χ1n) is 16.4. The molecule has 1 aliphatic carbocycles. The van der Waals surface area contributed by atoms with Gasteiger partial charge in [0, 0.05) is 53.9 Å². The summed E-state index contributed by atoms with van der Waals surface area (Å²) < 4.78 is 25.0. The maximum Gasteiger partial charge on any atom is 0.254 e. The molecule has 1 saturated carbocycles. The second kappa shape index (κ2) is 13.6. The van der Waals surface area contributed by atoms with E-state index in [1.54, 1.807) is 24.7 Å². The summed E-state index contributed by atoms with van der Waals surface area (Å²) in [5.74, 6) is 0.569. The zero-order valence-electron chi connectivity index (χ0n) is 27.8. The van der Waals surface area contributed by atoms with Crippen LogP contribution in [0.1, 0.15) is 55.8 Å². The zero-order chi connectivity index (χ0) is 33.2. The van der Waals surface area contributed by atoms with Crippen LogP contribution in [-0.4, -0.2) is 80.5 Å². The van der Waals surface area contributed by atoms with Crippen molar-refractivity contribution in [2.24, 2.45) is 5.92 Å². The van der Waals surface area contributed by atoms with Crippen LogP contribution in [0.15, 0.2) is 49.2 Å². The third-order valence-electron chi connectivity index (χ3n) is 9.63. The molecule has 12 heteroatoms. The summed E-state index contributed by atoms with van der Waals surface area (Å²) in [5, 5.41) is 18.3. The van der Waals surface area contributed by atoms with Gasteiger partial charge in [0.2, 0.25) is 0 Å². The highest BCUT2D eigenvalue weighted by atomic mass is 32.3. The number of nitrogens with zero attached hydrogens (tertiary/aromatic N) is 7. The van der Waals surface area contributed by atoms with Crippen LogP contribution in [0, 0.1) is 23.1 Å². The van der Waals surface area contributed by atoms with Crippen LogP contribution in [0.5, 0.6) is 0 Å². The van der Waals surface area contributed by atoms with Crippen LogP contribution in [0.3, 0.4) is 0 Å². The Labute approximate surface area is 277 Å². The lowest BCUT2D eigenvalue weighted by molar-refractivity contribution is 0.0914. The third kappa shape index (κ3) is 7.16. The first kappa shape index (κ1) is 33.0. The molecule has 2 fully saturated rings. The van der Waals surface area contributed by atoms with Gasteiger partial charge < -0.3 is 19.5 Å². The molecule has 6 rings (SSSR count). The number of nitriles is 1. The van der Waals surface area contributed by atoms with Gasteiger partial charge in [-0.05, 0) is 68.7 Å².